The largest absolute Gasteiger partial charge is 0.356 e. The quantitative estimate of drug-likeness (QED) is 0.704. The van der Waals surface area contributed by atoms with Gasteiger partial charge in [-0.05, 0) is 75.6 Å². The average molecular weight is 476 g/mol. The van der Waals surface area contributed by atoms with Crippen LogP contribution in [0.15, 0.2) is 24.3 Å². The maximum Gasteiger partial charge on any atom is 0.253 e. The summed E-state index contributed by atoms with van der Waals surface area (Å²) in [5.74, 6) is 2.19. The highest BCUT2D eigenvalue weighted by Crippen LogP contribution is 2.34. The van der Waals surface area contributed by atoms with E-state index in [0.717, 1.165) is 92.9 Å². The van der Waals surface area contributed by atoms with Gasteiger partial charge in [-0.25, -0.2) is 9.97 Å². The fourth-order valence-electron chi connectivity index (χ4n) is 6.07. The topological polar surface area (TPSA) is 78.4 Å². The van der Waals surface area contributed by atoms with Gasteiger partial charge in [-0.3, -0.25) is 9.59 Å². The van der Waals surface area contributed by atoms with E-state index in [2.05, 4.69) is 26.3 Å². The number of carbonyl (C=O) groups is 2. The van der Waals surface area contributed by atoms with Crippen LogP contribution in [0.4, 0.5) is 5.82 Å². The minimum atomic E-state index is 0.0270. The molecule has 3 aliphatic rings. The molecule has 35 heavy (non-hydrogen) atoms. The van der Waals surface area contributed by atoms with E-state index < -0.39 is 0 Å². The Morgan fingerprint density at radius 2 is 1.74 bits per heavy atom. The van der Waals surface area contributed by atoms with Gasteiger partial charge in [-0.2, -0.15) is 0 Å². The third kappa shape index (κ3) is 5.04. The van der Waals surface area contributed by atoms with E-state index in [4.69, 9.17) is 0 Å². The highest BCUT2D eigenvalue weighted by Gasteiger charge is 2.31. The Hall–Kier alpha value is -2.96. The van der Waals surface area contributed by atoms with Crippen LogP contribution < -0.4 is 10.2 Å². The molecule has 2 aliphatic carbocycles. The summed E-state index contributed by atoms with van der Waals surface area (Å²) < 4.78 is 0. The molecule has 1 atom stereocenters. The highest BCUT2D eigenvalue weighted by molar-refractivity contribution is 5.94. The van der Waals surface area contributed by atoms with Crippen LogP contribution >= 0.6 is 0 Å². The van der Waals surface area contributed by atoms with Gasteiger partial charge in [0.1, 0.15) is 11.6 Å². The molecule has 2 heterocycles. The minimum absolute atomic E-state index is 0.0270. The smallest absolute Gasteiger partial charge is 0.253 e. The molecule has 186 valence electrons. The lowest BCUT2D eigenvalue weighted by Gasteiger charge is -2.37. The van der Waals surface area contributed by atoms with Gasteiger partial charge in [-0.15, -0.1) is 0 Å². The van der Waals surface area contributed by atoms with E-state index >= 15 is 0 Å². The van der Waals surface area contributed by atoms with Crippen LogP contribution in [0.3, 0.4) is 0 Å². The lowest BCUT2D eigenvalue weighted by molar-refractivity contribution is -0.125. The van der Waals surface area contributed by atoms with E-state index in [0.29, 0.717) is 0 Å². The normalized spacial score (nSPS) is 20.7. The number of amides is 2. The Labute approximate surface area is 208 Å². The standard InChI is InChI=1S/C28H37N5O2/c1-18-16-26(30-19(2)29-18)33-14-12-23(13-15-33)32(3)28(35)22-9-8-20-10-11-25(24(20)17-22)31-27(34)21-6-4-5-7-21/h8-9,16-17,21,23,25H,4-7,10-15H2,1-3H3,(H,31,34). The van der Waals surface area contributed by atoms with Gasteiger partial charge < -0.3 is 15.1 Å². The molecule has 2 aromatic rings. The maximum atomic E-state index is 13.4. The Morgan fingerprint density at radius 1 is 1.00 bits per heavy atom. The van der Waals surface area contributed by atoms with Gasteiger partial charge in [-0.1, -0.05) is 18.9 Å². The molecule has 1 aromatic heterocycles. The second-order valence-corrected chi connectivity index (χ2v) is 10.5. The zero-order chi connectivity index (χ0) is 24.5. The van der Waals surface area contributed by atoms with Gasteiger partial charge in [0.2, 0.25) is 5.91 Å². The van der Waals surface area contributed by atoms with E-state index in [1.165, 1.54) is 5.56 Å². The van der Waals surface area contributed by atoms with Crippen LogP contribution in [0.25, 0.3) is 0 Å². The van der Waals surface area contributed by atoms with Crippen molar-refractivity contribution in [2.45, 2.75) is 77.3 Å². The van der Waals surface area contributed by atoms with Crippen LogP contribution in [-0.2, 0) is 11.2 Å². The van der Waals surface area contributed by atoms with Gasteiger partial charge in [0.15, 0.2) is 0 Å². The van der Waals surface area contributed by atoms with E-state index in [9.17, 15) is 9.59 Å². The molecule has 7 nitrogen and oxygen atoms in total. The fraction of sp³-hybridized carbons (Fsp3) is 0.571. The predicted octanol–water partition coefficient (Wildman–Crippen LogP) is 4.13. The molecular formula is C28H37N5O2. The Morgan fingerprint density at radius 3 is 2.46 bits per heavy atom. The predicted molar refractivity (Wildman–Crippen MR) is 136 cm³/mol. The van der Waals surface area contributed by atoms with Crippen LogP contribution in [0.5, 0.6) is 0 Å². The zero-order valence-corrected chi connectivity index (χ0v) is 21.2. The third-order valence-electron chi connectivity index (χ3n) is 8.12. The highest BCUT2D eigenvalue weighted by atomic mass is 16.2. The summed E-state index contributed by atoms with van der Waals surface area (Å²) in [4.78, 5) is 39.3. The minimum Gasteiger partial charge on any atom is -0.356 e. The molecular weight excluding hydrogens is 438 g/mol. The first kappa shape index (κ1) is 23.8. The molecule has 0 bridgehead atoms. The van der Waals surface area contributed by atoms with E-state index in [1.807, 2.05) is 44.0 Å². The van der Waals surface area contributed by atoms with Crippen LogP contribution in [0.2, 0.25) is 0 Å². The van der Waals surface area contributed by atoms with Crippen molar-refractivity contribution in [3.8, 4) is 0 Å². The summed E-state index contributed by atoms with van der Waals surface area (Å²) in [6.45, 7) is 5.67. The third-order valence-corrected chi connectivity index (χ3v) is 8.12. The number of hydrogen-bond acceptors (Lipinski definition) is 5. The summed E-state index contributed by atoms with van der Waals surface area (Å²) in [5.41, 5.74) is 4.08. The van der Waals surface area contributed by atoms with Gasteiger partial charge in [0.25, 0.3) is 5.91 Å². The van der Waals surface area contributed by atoms with Gasteiger partial charge in [0, 0.05) is 49.4 Å². The number of fused-ring (bicyclic) bond motifs is 1. The number of nitrogens with one attached hydrogen (secondary N) is 1. The lowest BCUT2D eigenvalue weighted by atomic mass is 10.00. The van der Waals surface area contributed by atoms with Crippen molar-refractivity contribution in [1.82, 2.24) is 20.2 Å². The van der Waals surface area contributed by atoms with Crippen molar-refractivity contribution in [3.05, 3.63) is 52.5 Å². The van der Waals surface area contributed by atoms with Crippen LogP contribution in [0.1, 0.15) is 84.0 Å². The van der Waals surface area contributed by atoms with Gasteiger partial charge in [0.05, 0.1) is 6.04 Å². The monoisotopic (exact) mass is 475 g/mol. The molecule has 1 unspecified atom stereocenters. The molecule has 1 N–H and O–H groups in total. The first-order valence-electron chi connectivity index (χ1n) is 13.2. The van der Waals surface area contributed by atoms with E-state index in [1.54, 1.807) is 0 Å². The van der Waals surface area contributed by atoms with Gasteiger partial charge >= 0.3 is 0 Å². The molecule has 2 fully saturated rings. The fourth-order valence-corrected chi connectivity index (χ4v) is 6.07. The van der Waals surface area contributed by atoms with Crippen molar-refractivity contribution in [2.24, 2.45) is 5.92 Å². The van der Waals surface area contributed by atoms with Crippen molar-refractivity contribution >= 4 is 17.6 Å². The molecule has 5 rings (SSSR count). The molecule has 7 heteroatoms. The molecule has 1 aromatic carbocycles. The zero-order valence-electron chi connectivity index (χ0n) is 21.2. The Kier molecular flexibility index (Phi) is 6.76. The number of aryl methyl sites for hydroxylation is 3. The number of benzene rings is 1. The second-order valence-electron chi connectivity index (χ2n) is 10.5. The van der Waals surface area contributed by atoms with Crippen molar-refractivity contribution in [2.75, 3.05) is 25.0 Å². The first-order valence-corrected chi connectivity index (χ1v) is 13.2. The Bertz CT molecular complexity index is 1080. The van der Waals surface area contributed by atoms with Crippen LogP contribution in [0, 0.1) is 19.8 Å². The molecule has 2 amide bonds. The number of anilines is 1. The number of rotatable bonds is 5. The number of hydrogen-bond donors (Lipinski definition) is 1. The lowest BCUT2D eigenvalue weighted by Crippen LogP contribution is -2.46. The molecule has 0 radical (unpaired) electrons. The van der Waals surface area contributed by atoms with Crippen molar-refractivity contribution in [3.63, 3.8) is 0 Å². The molecule has 1 aliphatic heterocycles. The molecule has 1 saturated carbocycles. The van der Waals surface area contributed by atoms with Crippen LogP contribution in [-0.4, -0.2) is 52.9 Å². The second kappa shape index (κ2) is 9.96. The van der Waals surface area contributed by atoms with E-state index in [-0.39, 0.29) is 29.8 Å². The van der Waals surface area contributed by atoms with Crippen molar-refractivity contribution in [1.29, 1.82) is 0 Å². The summed E-state index contributed by atoms with van der Waals surface area (Å²) in [6.07, 6.45) is 8.01. The summed E-state index contributed by atoms with van der Waals surface area (Å²) in [7, 11) is 1.92. The average Bonchev–Trinajstić information content (AvgIpc) is 3.53. The number of piperidine rings is 1. The first-order chi connectivity index (χ1) is 16.9. The number of nitrogens with zero attached hydrogens (tertiary/aromatic N) is 4. The maximum absolute atomic E-state index is 13.4. The van der Waals surface area contributed by atoms with Crippen molar-refractivity contribution < 1.29 is 9.59 Å². The summed E-state index contributed by atoms with van der Waals surface area (Å²) in [6, 6.07) is 8.34. The SMILES string of the molecule is Cc1cc(N2CCC(N(C)C(=O)c3ccc4c(c3)C(NC(=O)C3CCCC3)CC4)CC2)nc(C)n1. The number of aromatic nitrogens is 2. The number of carbonyl (C=O) groups excluding carboxylic acids is 2. The molecule has 0 spiro atoms. The molecule has 1 saturated heterocycles. The Balaban J connectivity index is 1.22. The summed E-state index contributed by atoms with van der Waals surface area (Å²) >= 11 is 0. The summed E-state index contributed by atoms with van der Waals surface area (Å²) in [5, 5.41) is 3.28.